The van der Waals surface area contributed by atoms with Crippen LogP contribution < -0.4 is 5.84 Å². The molecule has 0 aromatic carbocycles. The lowest BCUT2D eigenvalue weighted by atomic mass is 10.3. The van der Waals surface area contributed by atoms with Gasteiger partial charge >= 0.3 is 0 Å². The SMILES string of the molecule is C=C(C)CN(N)C(C)=O. The lowest BCUT2D eigenvalue weighted by Crippen LogP contribution is -2.36. The molecular weight excluding hydrogens is 116 g/mol. The highest BCUT2D eigenvalue weighted by Gasteiger charge is 2.00. The van der Waals surface area contributed by atoms with Crippen LogP contribution >= 0.6 is 0 Å². The van der Waals surface area contributed by atoms with Gasteiger partial charge < -0.3 is 0 Å². The van der Waals surface area contributed by atoms with E-state index in [0.29, 0.717) is 6.54 Å². The van der Waals surface area contributed by atoms with Gasteiger partial charge in [0.25, 0.3) is 0 Å². The lowest BCUT2D eigenvalue weighted by molar-refractivity contribution is -0.128. The minimum Gasteiger partial charge on any atom is -0.277 e. The van der Waals surface area contributed by atoms with Gasteiger partial charge in [0.2, 0.25) is 5.91 Å². The highest BCUT2D eigenvalue weighted by molar-refractivity contribution is 5.72. The zero-order valence-corrected chi connectivity index (χ0v) is 5.85. The van der Waals surface area contributed by atoms with Gasteiger partial charge in [0.1, 0.15) is 0 Å². The fourth-order valence-corrected chi connectivity index (χ4v) is 0.402. The van der Waals surface area contributed by atoms with Crippen LogP contribution in [-0.2, 0) is 4.79 Å². The first-order valence-corrected chi connectivity index (χ1v) is 2.71. The van der Waals surface area contributed by atoms with Crippen molar-refractivity contribution in [2.24, 2.45) is 5.84 Å². The van der Waals surface area contributed by atoms with Crippen LogP contribution in [0.15, 0.2) is 12.2 Å². The van der Waals surface area contributed by atoms with Crippen molar-refractivity contribution in [2.45, 2.75) is 13.8 Å². The summed E-state index contributed by atoms with van der Waals surface area (Å²) in [7, 11) is 0. The third kappa shape index (κ3) is 3.73. The number of carbonyl (C=O) groups excluding carboxylic acids is 1. The molecule has 0 saturated heterocycles. The Balaban J connectivity index is 3.63. The van der Waals surface area contributed by atoms with E-state index in [0.717, 1.165) is 10.6 Å². The van der Waals surface area contributed by atoms with E-state index < -0.39 is 0 Å². The van der Waals surface area contributed by atoms with Gasteiger partial charge in [0, 0.05) is 6.92 Å². The normalized spacial score (nSPS) is 8.78. The highest BCUT2D eigenvalue weighted by atomic mass is 16.2. The van der Waals surface area contributed by atoms with Crippen molar-refractivity contribution in [2.75, 3.05) is 6.54 Å². The zero-order valence-electron chi connectivity index (χ0n) is 5.85. The van der Waals surface area contributed by atoms with Crippen molar-refractivity contribution in [3.8, 4) is 0 Å². The van der Waals surface area contributed by atoms with Crippen molar-refractivity contribution >= 4 is 5.91 Å². The van der Waals surface area contributed by atoms with E-state index in [2.05, 4.69) is 6.58 Å². The Morgan fingerprint density at radius 3 is 2.22 bits per heavy atom. The third-order valence-corrected chi connectivity index (χ3v) is 0.845. The lowest BCUT2D eigenvalue weighted by Gasteiger charge is -2.12. The van der Waals surface area contributed by atoms with E-state index in [1.807, 2.05) is 6.92 Å². The first-order valence-electron chi connectivity index (χ1n) is 2.71. The first-order chi connectivity index (χ1) is 4.04. The summed E-state index contributed by atoms with van der Waals surface area (Å²) in [5, 5.41) is 1.13. The second-order valence-corrected chi connectivity index (χ2v) is 2.10. The second-order valence-electron chi connectivity index (χ2n) is 2.10. The summed E-state index contributed by atoms with van der Waals surface area (Å²) in [6.07, 6.45) is 0. The van der Waals surface area contributed by atoms with Crippen LogP contribution in [0.3, 0.4) is 0 Å². The Bertz CT molecular complexity index is 131. The molecule has 0 radical (unpaired) electrons. The van der Waals surface area contributed by atoms with Crippen LogP contribution in [0.2, 0.25) is 0 Å². The maximum atomic E-state index is 10.4. The molecule has 0 unspecified atom stereocenters. The molecule has 0 aromatic heterocycles. The van der Waals surface area contributed by atoms with Crippen LogP contribution in [0.1, 0.15) is 13.8 Å². The molecule has 0 heterocycles. The maximum absolute atomic E-state index is 10.4. The molecule has 0 fully saturated rings. The van der Waals surface area contributed by atoms with Gasteiger partial charge in [0.05, 0.1) is 6.54 Å². The summed E-state index contributed by atoms with van der Waals surface area (Å²) >= 11 is 0. The van der Waals surface area contributed by atoms with Crippen LogP contribution in [-0.4, -0.2) is 17.5 Å². The van der Waals surface area contributed by atoms with E-state index in [1.54, 1.807) is 0 Å². The number of hydrogen-bond acceptors (Lipinski definition) is 2. The Hall–Kier alpha value is -0.830. The van der Waals surface area contributed by atoms with Gasteiger partial charge in [-0.25, -0.2) is 5.84 Å². The number of hydrogen-bond donors (Lipinski definition) is 1. The van der Waals surface area contributed by atoms with Crippen LogP contribution in [0.5, 0.6) is 0 Å². The average Bonchev–Trinajstić information content (AvgIpc) is 1.63. The Labute approximate surface area is 55.1 Å². The minimum atomic E-state index is -0.141. The predicted molar refractivity (Wildman–Crippen MR) is 36.4 cm³/mol. The largest absolute Gasteiger partial charge is 0.277 e. The Morgan fingerprint density at radius 2 is 2.11 bits per heavy atom. The fraction of sp³-hybridized carbons (Fsp3) is 0.500. The van der Waals surface area contributed by atoms with E-state index in [9.17, 15) is 4.79 Å². The standard InChI is InChI=1S/C6H12N2O/c1-5(2)4-8(7)6(3)9/h1,4,7H2,2-3H3. The molecule has 0 aliphatic carbocycles. The smallest absolute Gasteiger partial charge is 0.233 e. The number of nitrogens with two attached hydrogens (primary N) is 1. The third-order valence-electron chi connectivity index (χ3n) is 0.845. The monoisotopic (exact) mass is 128 g/mol. The van der Waals surface area contributed by atoms with E-state index in [4.69, 9.17) is 5.84 Å². The van der Waals surface area contributed by atoms with Gasteiger partial charge in [-0.2, -0.15) is 0 Å². The van der Waals surface area contributed by atoms with Crippen molar-refractivity contribution in [1.82, 2.24) is 5.01 Å². The molecule has 9 heavy (non-hydrogen) atoms. The first kappa shape index (κ1) is 8.17. The van der Waals surface area contributed by atoms with Crippen molar-refractivity contribution in [3.63, 3.8) is 0 Å². The molecule has 0 aliphatic rings. The molecule has 3 heteroatoms. The summed E-state index contributed by atoms with van der Waals surface area (Å²) in [6.45, 7) is 7.29. The molecule has 0 rings (SSSR count). The van der Waals surface area contributed by atoms with Crippen LogP contribution in [0.25, 0.3) is 0 Å². The molecule has 2 N–H and O–H groups in total. The molecular formula is C6H12N2O. The molecule has 1 amide bonds. The van der Waals surface area contributed by atoms with Crippen LogP contribution in [0, 0.1) is 0 Å². The minimum absolute atomic E-state index is 0.141. The average molecular weight is 128 g/mol. The zero-order chi connectivity index (χ0) is 7.44. The van der Waals surface area contributed by atoms with Gasteiger partial charge in [-0.15, -0.1) is 0 Å². The molecule has 3 nitrogen and oxygen atoms in total. The Kier molecular flexibility index (Phi) is 2.95. The second kappa shape index (κ2) is 3.25. The number of rotatable bonds is 2. The maximum Gasteiger partial charge on any atom is 0.233 e. The number of nitrogens with zero attached hydrogens (tertiary/aromatic N) is 1. The quantitative estimate of drug-likeness (QED) is 0.251. The molecule has 0 aromatic rings. The van der Waals surface area contributed by atoms with Gasteiger partial charge in [-0.05, 0) is 6.92 Å². The molecule has 0 atom stereocenters. The van der Waals surface area contributed by atoms with Gasteiger partial charge in [-0.1, -0.05) is 12.2 Å². The van der Waals surface area contributed by atoms with E-state index in [1.165, 1.54) is 6.92 Å². The summed E-state index contributed by atoms with van der Waals surface area (Å²) in [4.78, 5) is 10.4. The van der Waals surface area contributed by atoms with Crippen molar-refractivity contribution < 1.29 is 4.79 Å². The summed E-state index contributed by atoms with van der Waals surface area (Å²) in [5.41, 5.74) is 0.882. The molecule has 0 spiro atoms. The number of amides is 1. The van der Waals surface area contributed by atoms with Crippen molar-refractivity contribution in [1.29, 1.82) is 0 Å². The van der Waals surface area contributed by atoms with E-state index >= 15 is 0 Å². The van der Waals surface area contributed by atoms with Gasteiger partial charge in [0.15, 0.2) is 0 Å². The number of hydrazine groups is 1. The topological polar surface area (TPSA) is 46.3 Å². The Morgan fingerprint density at radius 1 is 1.67 bits per heavy atom. The molecule has 0 saturated carbocycles. The summed E-state index contributed by atoms with van der Waals surface area (Å²) in [5.74, 6) is 5.10. The molecule has 0 aliphatic heterocycles. The summed E-state index contributed by atoms with van der Waals surface area (Å²) < 4.78 is 0. The fourth-order valence-electron chi connectivity index (χ4n) is 0.402. The summed E-state index contributed by atoms with van der Waals surface area (Å²) in [6, 6.07) is 0. The van der Waals surface area contributed by atoms with Gasteiger partial charge in [-0.3, -0.25) is 9.80 Å². The molecule has 52 valence electrons. The highest BCUT2D eigenvalue weighted by Crippen LogP contribution is 1.88. The predicted octanol–water partition coefficient (Wildman–Crippen LogP) is 0.285. The van der Waals surface area contributed by atoms with E-state index in [-0.39, 0.29) is 5.91 Å². The molecule has 0 bridgehead atoms. The van der Waals surface area contributed by atoms with Crippen LogP contribution in [0.4, 0.5) is 0 Å². The van der Waals surface area contributed by atoms with Crippen molar-refractivity contribution in [3.05, 3.63) is 12.2 Å². The number of carbonyl (C=O) groups is 1.